The number of urea groups is 1. The lowest BCUT2D eigenvalue weighted by Crippen LogP contribution is -2.51. The van der Waals surface area contributed by atoms with Crippen molar-refractivity contribution in [3.63, 3.8) is 0 Å². The summed E-state index contributed by atoms with van der Waals surface area (Å²) >= 11 is 0. The van der Waals surface area contributed by atoms with Crippen LogP contribution in [0.1, 0.15) is 64.9 Å². The molecule has 0 aromatic heterocycles. The Morgan fingerprint density at radius 3 is 2.45 bits per heavy atom. The van der Waals surface area contributed by atoms with Gasteiger partial charge in [0.05, 0.1) is 0 Å². The van der Waals surface area contributed by atoms with Crippen LogP contribution in [-0.4, -0.2) is 36.6 Å². The zero-order chi connectivity index (χ0) is 20.6. The second-order valence-corrected chi connectivity index (χ2v) is 10.2. The molecule has 1 aromatic rings. The number of nitrogens with one attached hydrogen (secondary N) is 2. The average Bonchev–Trinajstić information content (AvgIpc) is 2.70. The Morgan fingerprint density at radius 2 is 1.86 bits per heavy atom. The van der Waals surface area contributed by atoms with Crippen molar-refractivity contribution in [2.75, 3.05) is 25.0 Å². The number of carbonyl (C=O) groups excluding carboxylic acids is 1. The molecule has 1 saturated carbocycles. The first kappa shape index (κ1) is 20.5. The Hall–Kier alpha value is -1.81. The Bertz CT molecular complexity index is 757. The number of piperidine rings is 1. The van der Waals surface area contributed by atoms with Gasteiger partial charge in [0, 0.05) is 31.4 Å². The van der Waals surface area contributed by atoms with Crippen LogP contribution in [0, 0.1) is 17.3 Å². The van der Waals surface area contributed by atoms with Gasteiger partial charge in [0.25, 0.3) is 0 Å². The minimum absolute atomic E-state index is 0.0852. The van der Waals surface area contributed by atoms with Crippen molar-refractivity contribution in [1.29, 1.82) is 0 Å². The number of hydrogen-bond donors (Lipinski definition) is 2. The molecule has 3 aliphatic carbocycles. The number of amides is 2. The number of allylic oxidation sites excluding steroid dienone is 1. The van der Waals surface area contributed by atoms with Gasteiger partial charge in [0.1, 0.15) is 0 Å². The van der Waals surface area contributed by atoms with Gasteiger partial charge in [-0.15, -0.1) is 0 Å². The second-order valence-electron chi connectivity index (χ2n) is 10.2. The number of fused-ring (bicyclic) bond motifs is 1. The third-order valence-electron chi connectivity index (χ3n) is 7.75. The van der Waals surface area contributed by atoms with E-state index in [1.807, 2.05) is 12.1 Å². The van der Waals surface area contributed by atoms with E-state index < -0.39 is 0 Å². The van der Waals surface area contributed by atoms with Crippen molar-refractivity contribution < 1.29 is 4.79 Å². The fourth-order valence-electron chi connectivity index (χ4n) is 5.45. The fourth-order valence-corrected chi connectivity index (χ4v) is 5.45. The molecule has 1 aromatic carbocycles. The zero-order valence-corrected chi connectivity index (χ0v) is 18.5. The van der Waals surface area contributed by atoms with E-state index in [-0.39, 0.29) is 12.1 Å². The number of likely N-dealkylation sites (tertiary alicyclic amines) is 1. The number of benzene rings is 1. The Kier molecular flexibility index (Phi) is 5.74. The highest BCUT2D eigenvalue weighted by molar-refractivity contribution is 5.89. The van der Waals surface area contributed by atoms with Gasteiger partial charge in [0.2, 0.25) is 0 Å². The molecule has 0 radical (unpaired) electrons. The third kappa shape index (κ3) is 4.37. The maximum absolute atomic E-state index is 12.4. The highest BCUT2D eigenvalue weighted by Crippen LogP contribution is 2.59. The van der Waals surface area contributed by atoms with Crippen LogP contribution in [0.2, 0.25) is 0 Å². The predicted octanol–water partition coefficient (Wildman–Crippen LogP) is 5.39. The quantitative estimate of drug-likeness (QED) is 0.657. The number of anilines is 1. The van der Waals surface area contributed by atoms with Gasteiger partial charge in [-0.1, -0.05) is 51.5 Å². The van der Waals surface area contributed by atoms with Gasteiger partial charge >= 0.3 is 6.03 Å². The van der Waals surface area contributed by atoms with Crippen LogP contribution in [0.4, 0.5) is 10.5 Å². The molecule has 2 N–H and O–H groups in total. The van der Waals surface area contributed by atoms with Crippen molar-refractivity contribution in [1.82, 2.24) is 10.2 Å². The van der Waals surface area contributed by atoms with Crippen LogP contribution < -0.4 is 10.6 Å². The van der Waals surface area contributed by atoms with Crippen molar-refractivity contribution in [2.45, 2.75) is 65.3 Å². The van der Waals surface area contributed by atoms with Crippen molar-refractivity contribution in [2.24, 2.45) is 17.3 Å². The van der Waals surface area contributed by atoms with E-state index in [9.17, 15) is 4.79 Å². The molecule has 1 saturated heterocycles. The SMILES string of the molecule is CC(C)c1ccc(NC(=O)NC2CCN(CC3=CCC4CC3C4(C)C)CC2)cc1. The van der Waals surface area contributed by atoms with E-state index in [1.54, 1.807) is 5.57 Å². The van der Waals surface area contributed by atoms with Crippen LogP contribution in [0.3, 0.4) is 0 Å². The summed E-state index contributed by atoms with van der Waals surface area (Å²) in [5.74, 6) is 2.21. The molecule has 4 aliphatic rings. The van der Waals surface area contributed by atoms with E-state index in [2.05, 4.69) is 61.4 Å². The van der Waals surface area contributed by atoms with Crippen LogP contribution in [0.15, 0.2) is 35.9 Å². The predicted molar refractivity (Wildman–Crippen MR) is 120 cm³/mol. The summed E-state index contributed by atoms with van der Waals surface area (Å²) in [5.41, 5.74) is 4.33. The molecule has 2 atom stereocenters. The zero-order valence-electron chi connectivity index (χ0n) is 18.5. The van der Waals surface area contributed by atoms with E-state index in [1.165, 1.54) is 18.4 Å². The van der Waals surface area contributed by atoms with Crippen LogP contribution in [-0.2, 0) is 0 Å². The maximum Gasteiger partial charge on any atom is 0.319 e. The first-order valence-corrected chi connectivity index (χ1v) is 11.4. The largest absolute Gasteiger partial charge is 0.335 e. The monoisotopic (exact) mass is 395 g/mol. The van der Waals surface area contributed by atoms with Crippen LogP contribution >= 0.6 is 0 Å². The lowest BCUT2D eigenvalue weighted by Gasteiger charge is -2.57. The first-order valence-electron chi connectivity index (χ1n) is 11.4. The average molecular weight is 396 g/mol. The highest BCUT2D eigenvalue weighted by Gasteiger charge is 2.51. The van der Waals surface area contributed by atoms with Crippen molar-refractivity contribution in [3.05, 3.63) is 41.5 Å². The molecule has 5 rings (SSSR count). The van der Waals surface area contributed by atoms with Gasteiger partial charge in [-0.2, -0.15) is 0 Å². The van der Waals surface area contributed by atoms with Crippen LogP contribution in [0.5, 0.6) is 0 Å². The Balaban J connectivity index is 1.21. The molecule has 29 heavy (non-hydrogen) atoms. The van der Waals surface area contributed by atoms with Gasteiger partial charge < -0.3 is 10.6 Å². The standard InChI is InChI=1S/C25H37N3O/c1-17(2)18-6-9-21(10-7-18)26-24(29)27-22-11-13-28(14-12-22)16-19-5-8-20-15-23(19)25(20,3)4/h5-7,9-10,17,20,22-23H,8,11-16H2,1-4H3,(H2,26,27,29). The highest BCUT2D eigenvalue weighted by atomic mass is 16.2. The molecule has 4 nitrogen and oxygen atoms in total. The van der Waals surface area contributed by atoms with E-state index in [0.29, 0.717) is 11.3 Å². The van der Waals surface area contributed by atoms with Crippen LogP contribution in [0.25, 0.3) is 0 Å². The molecule has 0 spiro atoms. The van der Waals surface area contributed by atoms with Gasteiger partial charge in [-0.25, -0.2) is 4.79 Å². The number of carbonyl (C=O) groups is 1. The Labute approximate surface area is 176 Å². The smallest absolute Gasteiger partial charge is 0.319 e. The minimum atomic E-state index is -0.0852. The molecular weight excluding hydrogens is 358 g/mol. The molecule has 2 bridgehead atoms. The molecule has 158 valence electrons. The summed E-state index contributed by atoms with van der Waals surface area (Å²) in [7, 11) is 0. The molecule has 2 amide bonds. The van der Waals surface area contributed by atoms with Crippen molar-refractivity contribution >= 4 is 11.7 Å². The topological polar surface area (TPSA) is 44.4 Å². The number of nitrogens with zero attached hydrogens (tertiary/aromatic N) is 1. The minimum Gasteiger partial charge on any atom is -0.335 e. The lowest BCUT2D eigenvalue weighted by molar-refractivity contribution is -0.0113. The van der Waals surface area contributed by atoms with Gasteiger partial charge in [0.15, 0.2) is 0 Å². The number of rotatable bonds is 5. The summed E-state index contributed by atoms with van der Waals surface area (Å²) in [6.07, 6.45) is 7.25. The summed E-state index contributed by atoms with van der Waals surface area (Å²) < 4.78 is 0. The summed E-state index contributed by atoms with van der Waals surface area (Å²) in [4.78, 5) is 15.0. The summed E-state index contributed by atoms with van der Waals surface area (Å²) in [6, 6.07) is 8.34. The van der Waals surface area contributed by atoms with Gasteiger partial charge in [-0.3, -0.25) is 4.90 Å². The van der Waals surface area contributed by atoms with Crippen molar-refractivity contribution in [3.8, 4) is 0 Å². The fraction of sp³-hybridized carbons (Fsp3) is 0.640. The molecule has 1 heterocycles. The second kappa shape index (κ2) is 8.14. The first-order chi connectivity index (χ1) is 13.8. The summed E-state index contributed by atoms with van der Waals surface area (Å²) in [6.45, 7) is 12.5. The normalized spacial score (nSPS) is 26.6. The Morgan fingerprint density at radius 1 is 1.17 bits per heavy atom. The van der Waals surface area contributed by atoms with E-state index in [4.69, 9.17) is 0 Å². The number of hydrogen-bond acceptors (Lipinski definition) is 2. The molecule has 4 heteroatoms. The maximum atomic E-state index is 12.4. The molecule has 2 unspecified atom stereocenters. The molecular formula is C25H37N3O. The van der Waals surface area contributed by atoms with E-state index in [0.717, 1.165) is 50.0 Å². The summed E-state index contributed by atoms with van der Waals surface area (Å²) in [5, 5.41) is 6.15. The third-order valence-corrected chi connectivity index (χ3v) is 7.75. The molecule has 1 aliphatic heterocycles. The van der Waals surface area contributed by atoms with E-state index >= 15 is 0 Å². The molecule has 2 fully saturated rings. The lowest BCUT2D eigenvalue weighted by atomic mass is 9.49. The van der Waals surface area contributed by atoms with Gasteiger partial charge in [-0.05, 0) is 66.5 Å².